The van der Waals surface area contributed by atoms with E-state index >= 15 is 0 Å². The number of hydrogen-bond acceptors (Lipinski definition) is 6. The van der Waals surface area contributed by atoms with Crippen molar-refractivity contribution < 1.29 is 14.3 Å². The molecule has 0 spiro atoms. The molecule has 0 radical (unpaired) electrons. The maximum atomic E-state index is 12.2. The number of carbonyl (C=O) groups excluding carboxylic acids is 2. The zero-order valence-electron chi connectivity index (χ0n) is 15.9. The number of fused-ring (bicyclic) bond motifs is 1. The number of amides is 1. The minimum absolute atomic E-state index is 0.359. The topological polar surface area (TPSA) is 79.2 Å². The molecular weight excluding hydrogens is 392 g/mol. The third-order valence-electron chi connectivity index (χ3n) is 4.61. The van der Waals surface area contributed by atoms with E-state index in [1.807, 2.05) is 30.3 Å². The van der Waals surface area contributed by atoms with Gasteiger partial charge < -0.3 is 10.1 Å². The zero-order chi connectivity index (χ0) is 20.1. The van der Waals surface area contributed by atoms with Gasteiger partial charge in [0.1, 0.15) is 16.3 Å². The van der Waals surface area contributed by atoms with Crippen LogP contribution >= 0.6 is 23.1 Å². The molecule has 1 N–H and O–H groups in total. The van der Waals surface area contributed by atoms with Crippen LogP contribution in [0.4, 0.5) is 5.00 Å². The van der Waals surface area contributed by atoms with Crippen molar-refractivity contribution in [3.8, 4) is 6.07 Å². The summed E-state index contributed by atoms with van der Waals surface area (Å²) in [6.07, 6.45) is 2.86. The highest BCUT2D eigenvalue weighted by molar-refractivity contribution is 8.00. The van der Waals surface area contributed by atoms with Crippen LogP contribution < -0.4 is 5.32 Å². The van der Waals surface area contributed by atoms with Crippen molar-refractivity contribution >= 4 is 40.0 Å². The number of nitriles is 1. The van der Waals surface area contributed by atoms with E-state index in [9.17, 15) is 14.9 Å². The van der Waals surface area contributed by atoms with Gasteiger partial charge in [-0.15, -0.1) is 23.1 Å². The number of esters is 1. The second-order valence-corrected chi connectivity index (χ2v) is 9.42. The number of rotatable bonds is 6. The minimum atomic E-state index is -0.441. The summed E-state index contributed by atoms with van der Waals surface area (Å²) in [7, 11) is 0. The molecule has 1 aliphatic carbocycles. The van der Waals surface area contributed by atoms with E-state index in [2.05, 4.69) is 18.3 Å². The van der Waals surface area contributed by atoms with Crippen molar-refractivity contribution in [1.29, 1.82) is 5.26 Å². The smallest absolute Gasteiger partial charge is 0.319 e. The average molecular weight is 415 g/mol. The fraction of sp³-hybridized carbons (Fsp3) is 0.381. The van der Waals surface area contributed by atoms with Crippen LogP contribution in [-0.2, 0) is 27.2 Å². The standard InChI is InChI=1S/C21H22N2O3S2/c1-13-8-9-16-17(11-22)20(28-18(16)10-13)23-19(24)12-26-21(25)14(2)27-15-6-4-3-5-7-15/h3-7,13-14H,8-10,12H2,1-2H3,(H,23,24)/t13-,14+/m0/s1. The normalized spacial score (nSPS) is 16.5. The van der Waals surface area contributed by atoms with E-state index < -0.39 is 17.1 Å². The molecule has 2 aromatic rings. The summed E-state index contributed by atoms with van der Waals surface area (Å²) in [6, 6.07) is 11.8. The van der Waals surface area contributed by atoms with Crippen LogP contribution in [0.15, 0.2) is 35.2 Å². The molecule has 0 bridgehead atoms. The lowest BCUT2D eigenvalue weighted by Gasteiger charge is -2.17. The van der Waals surface area contributed by atoms with Crippen LogP contribution in [0.3, 0.4) is 0 Å². The summed E-state index contributed by atoms with van der Waals surface area (Å²) >= 11 is 2.85. The molecule has 1 aliphatic rings. The van der Waals surface area contributed by atoms with Gasteiger partial charge >= 0.3 is 5.97 Å². The Labute approximate surface area is 173 Å². The van der Waals surface area contributed by atoms with Crippen LogP contribution in [-0.4, -0.2) is 23.7 Å². The van der Waals surface area contributed by atoms with Crippen molar-refractivity contribution in [2.75, 3.05) is 11.9 Å². The fourth-order valence-corrected chi connectivity index (χ4v) is 5.39. The SMILES string of the molecule is C[C@H]1CCc2c(sc(NC(=O)COC(=O)[C@@H](C)Sc3ccccc3)c2C#N)C1. The predicted molar refractivity (Wildman–Crippen MR) is 112 cm³/mol. The van der Waals surface area contributed by atoms with Crippen LogP contribution in [0.25, 0.3) is 0 Å². The second kappa shape index (κ2) is 9.26. The molecule has 1 amide bonds. The van der Waals surface area contributed by atoms with E-state index in [1.54, 1.807) is 6.92 Å². The Morgan fingerprint density at radius 3 is 2.86 bits per heavy atom. The molecule has 0 unspecified atom stereocenters. The van der Waals surface area contributed by atoms with Crippen LogP contribution in [0.5, 0.6) is 0 Å². The Morgan fingerprint density at radius 1 is 1.39 bits per heavy atom. The van der Waals surface area contributed by atoms with Crippen molar-refractivity contribution in [3.05, 3.63) is 46.3 Å². The number of nitrogens with one attached hydrogen (secondary N) is 1. The van der Waals surface area contributed by atoms with Gasteiger partial charge in [0.2, 0.25) is 0 Å². The van der Waals surface area contributed by atoms with Gasteiger partial charge in [0.25, 0.3) is 5.91 Å². The predicted octanol–water partition coefficient (Wildman–Crippen LogP) is 4.41. The summed E-state index contributed by atoms with van der Waals surface area (Å²) in [4.78, 5) is 26.5. The third kappa shape index (κ3) is 4.94. The molecule has 0 saturated heterocycles. The van der Waals surface area contributed by atoms with E-state index in [0.717, 1.165) is 29.7 Å². The molecule has 1 aromatic carbocycles. The fourth-order valence-electron chi connectivity index (χ4n) is 3.13. The molecule has 1 heterocycles. The minimum Gasteiger partial charge on any atom is -0.455 e. The lowest BCUT2D eigenvalue weighted by Crippen LogP contribution is -2.24. The first-order chi connectivity index (χ1) is 13.5. The maximum absolute atomic E-state index is 12.2. The Balaban J connectivity index is 1.55. The molecule has 5 nitrogen and oxygen atoms in total. The number of thiophene rings is 1. The Kier molecular flexibility index (Phi) is 6.76. The molecule has 0 aliphatic heterocycles. The van der Waals surface area contributed by atoms with Gasteiger partial charge in [-0.2, -0.15) is 5.26 Å². The van der Waals surface area contributed by atoms with Crippen LogP contribution in [0.1, 0.15) is 36.3 Å². The Bertz CT molecular complexity index is 902. The lowest BCUT2D eigenvalue weighted by atomic mass is 9.89. The number of carbonyl (C=O) groups is 2. The van der Waals surface area contributed by atoms with Crippen molar-refractivity contribution in [2.45, 2.75) is 43.3 Å². The number of nitrogens with zero attached hydrogens (tertiary/aromatic N) is 1. The summed E-state index contributed by atoms with van der Waals surface area (Å²) < 4.78 is 5.15. The van der Waals surface area contributed by atoms with Crippen LogP contribution in [0, 0.1) is 17.2 Å². The van der Waals surface area contributed by atoms with E-state index in [1.165, 1.54) is 28.0 Å². The third-order valence-corrected chi connectivity index (χ3v) is 6.87. The first-order valence-electron chi connectivity index (χ1n) is 9.20. The summed E-state index contributed by atoms with van der Waals surface area (Å²) in [5.74, 6) is -0.275. The molecule has 2 atom stereocenters. The summed E-state index contributed by atoms with van der Waals surface area (Å²) in [5, 5.41) is 12.4. The number of ether oxygens (including phenoxy) is 1. The zero-order valence-corrected chi connectivity index (χ0v) is 17.5. The first-order valence-corrected chi connectivity index (χ1v) is 10.9. The highest BCUT2D eigenvalue weighted by atomic mass is 32.2. The van der Waals surface area contributed by atoms with E-state index in [-0.39, 0.29) is 6.61 Å². The van der Waals surface area contributed by atoms with Gasteiger partial charge in [0, 0.05) is 9.77 Å². The molecule has 3 rings (SSSR count). The average Bonchev–Trinajstić information content (AvgIpc) is 3.02. The van der Waals surface area contributed by atoms with E-state index in [4.69, 9.17) is 4.74 Å². The van der Waals surface area contributed by atoms with Crippen molar-refractivity contribution in [2.24, 2.45) is 5.92 Å². The van der Waals surface area contributed by atoms with Gasteiger partial charge in [-0.25, -0.2) is 0 Å². The number of benzene rings is 1. The molecule has 0 fully saturated rings. The number of hydrogen-bond donors (Lipinski definition) is 1. The first kappa shape index (κ1) is 20.4. The highest BCUT2D eigenvalue weighted by Crippen LogP contribution is 2.39. The lowest BCUT2D eigenvalue weighted by molar-refractivity contribution is -0.146. The largest absolute Gasteiger partial charge is 0.455 e. The Morgan fingerprint density at radius 2 is 2.14 bits per heavy atom. The highest BCUT2D eigenvalue weighted by Gasteiger charge is 2.25. The van der Waals surface area contributed by atoms with Gasteiger partial charge in [-0.3, -0.25) is 9.59 Å². The molecule has 7 heteroatoms. The summed E-state index contributed by atoms with van der Waals surface area (Å²) in [5.41, 5.74) is 1.62. The van der Waals surface area contributed by atoms with E-state index in [0.29, 0.717) is 16.5 Å². The van der Waals surface area contributed by atoms with Gasteiger partial charge in [0.15, 0.2) is 6.61 Å². The van der Waals surface area contributed by atoms with Gasteiger partial charge in [-0.1, -0.05) is 25.1 Å². The summed E-state index contributed by atoms with van der Waals surface area (Å²) in [6.45, 7) is 3.59. The number of thioether (sulfide) groups is 1. The van der Waals surface area contributed by atoms with Gasteiger partial charge in [0.05, 0.1) is 5.56 Å². The monoisotopic (exact) mass is 414 g/mol. The molecule has 28 heavy (non-hydrogen) atoms. The second-order valence-electron chi connectivity index (χ2n) is 6.90. The quantitative estimate of drug-likeness (QED) is 0.560. The van der Waals surface area contributed by atoms with Crippen LogP contribution in [0.2, 0.25) is 0 Å². The molecular formula is C21H22N2O3S2. The molecule has 0 saturated carbocycles. The number of anilines is 1. The Hall–Kier alpha value is -2.30. The van der Waals surface area contributed by atoms with Gasteiger partial charge in [-0.05, 0) is 49.8 Å². The van der Waals surface area contributed by atoms with Crippen molar-refractivity contribution in [1.82, 2.24) is 0 Å². The molecule has 1 aromatic heterocycles. The maximum Gasteiger partial charge on any atom is 0.319 e. The molecule has 146 valence electrons. The van der Waals surface area contributed by atoms with Crippen molar-refractivity contribution in [3.63, 3.8) is 0 Å².